The molecule has 2 aromatic rings. The molecule has 2 N–H and O–H groups in total. The summed E-state index contributed by atoms with van der Waals surface area (Å²) in [6.07, 6.45) is 5.08. The molecule has 1 unspecified atom stereocenters. The van der Waals surface area contributed by atoms with Crippen LogP contribution in [-0.2, 0) is 0 Å². The summed E-state index contributed by atoms with van der Waals surface area (Å²) in [5, 5.41) is 14.4. The van der Waals surface area contributed by atoms with Gasteiger partial charge in [0.2, 0.25) is 0 Å². The fraction of sp³-hybridized carbons (Fsp3) is 0.643. The summed E-state index contributed by atoms with van der Waals surface area (Å²) < 4.78 is 1.34. The van der Waals surface area contributed by atoms with E-state index >= 15 is 0 Å². The Balaban J connectivity index is 1.62. The second kappa shape index (κ2) is 5.14. The normalized spacial score (nSPS) is 22.0. The molecular formula is C14H20N6O. The molecule has 2 aliphatic rings. The highest BCUT2D eigenvalue weighted by Gasteiger charge is 2.27. The van der Waals surface area contributed by atoms with Crippen LogP contribution in [0.4, 0.5) is 5.82 Å². The largest absolute Gasteiger partial charge is 0.364 e. The Hall–Kier alpha value is -1.89. The van der Waals surface area contributed by atoms with Crippen LogP contribution in [-0.4, -0.2) is 45.5 Å². The zero-order valence-electron chi connectivity index (χ0n) is 12.0. The maximum absolute atomic E-state index is 11.7. The van der Waals surface area contributed by atoms with Crippen LogP contribution in [0.2, 0.25) is 0 Å². The van der Waals surface area contributed by atoms with Crippen molar-refractivity contribution in [2.75, 3.05) is 24.5 Å². The van der Waals surface area contributed by atoms with Gasteiger partial charge >= 0.3 is 5.69 Å². The van der Waals surface area contributed by atoms with Gasteiger partial charge in [-0.1, -0.05) is 0 Å². The lowest BCUT2D eigenvalue weighted by molar-refractivity contribution is 0.564. The highest BCUT2D eigenvalue weighted by molar-refractivity contribution is 5.45. The number of aromatic amines is 1. The standard InChI is InChI=1S/C14H20N6O/c21-14-17-16-12-5-6-13(18-20(12)14)19(8-10-3-4-10)9-11-2-1-7-15-11/h5-6,10-11,15H,1-4,7-9H2,(H,17,21). The number of nitrogens with one attached hydrogen (secondary N) is 2. The molecule has 4 rings (SSSR count). The van der Waals surface area contributed by atoms with E-state index < -0.39 is 0 Å². The molecule has 2 aromatic heterocycles. The third-order valence-corrected chi connectivity index (χ3v) is 4.36. The van der Waals surface area contributed by atoms with Crippen molar-refractivity contribution in [3.63, 3.8) is 0 Å². The van der Waals surface area contributed by atoms with E-state index in [0.717, 1.165) is 31.4 Å². The maximum Gasteiger partial charge on any atom is 0.364 e. The van der Waals surface area contributed by atoms with Gasteiger partial charge in [-0.3, -0.25) is 0 Å². The number of rotatable bonds is 5. The second-order valence-corrected chi connectivity index (χ2v) is 6.13. The Bertz CT molecular complexity index is 682. The first-order valence-corrected chi connectivity index (χ1v) is 7.72. The number of anilines is 1. The van der Waals surface area contributed by atoms with E-state index in [1.54, 1.807) is 0 Å². The van der Waals surface area contributed by atoms with Gasteiger partial charge in [0, 0.05) is 19.1 Å². The van der Waals surface area contributed by atoms with Gasteiger partial charge in [0.1, 0.15) is 5.82 Å². The van der Waals surface area contributed by atoms with Crippen molar-refractivity contribution in [1.82, 2.24) is 25.1 Å². The quantitative estimate of drug-likeness (QED) is 0.832. The molecule has 7 heteroatoms. The summed E-state index contributed by atoms with van der Waals surface area (Å²) in [4.78, 5) is 14.0. The van der Waals surface area contributed by atoms with Gasteiger partial charge in [0.15, 0.2) is 5.65 Å². The molecule has 7 nitrogen and oxygen atoms in total. The molecule has 0 bridgehead atoms. The molecular weight excluding hydrogens is 268 g/mol. The number of hydrogen-bond acceptors (Lipinski definition) is 5. The molecule has 2 fully saturated rings. The van der Waals surface area contributed by atoms with Crippen molar-refractivity contribution in [2.45, 2.75) is 31.7 Å². The van der Waals surface area contributed by atoms with Crippen LogP contribution >= 0.6 is 0 Å². The van der Waals surface area contributed by atoms with Crippen molar-refractivity contribution < 1.29 is 0 Å². The number of aromatic nitrogens is 4. The average molecular weight is 288 g/mol. The van der Waals surface area contributed by atoms with Crippen molar-refractivity contribution in [3.8, 4) is 0 Å². The summed E-state index contributed by atoms with van der Waals surface area (Å²) in [6, 6.07) is 4.34. The van der Waals surface area contributed by atoms with Gasteiger partial charge < -0.3 is 10.2 Å². The molecule has 1 atom stereocenters. The van der Waals surface area contributed by atoms with Crippen LogP contribution < -0.4 is 15.9 Å². The highest BCUT2D eigenvalue weighted by Crippen LogP contribution is 2.31. The third-order valence-electron chi connectivity index (χ3n) is 4.36. The summed E-state index contributed by atoms with van der Waals surface area (Å²) in [5.41, 5.74) is 0.284. The van der Waals surface area contributed by atoms with Gasteiger partial charge in [0.05, 0.1) is 0 Å². The van der Waals surface area contributed by atoms with E-state index in [-0.39, 0.29) is 5.69 Å². The monoisotopic (exact) mass is 288 g/mol. The van der Waals surface area contributed by atoms with Crippen LogP contribution in [0.15, 0.2) is 16.9 Å². The molecule has 1 saturated heterocycles. The first-order chi connectivity index (χ1) is 10.3. The zero-order chi connectivity index (χ0) is 14.2. The second-order valence-electron chi connectivity index (χ2n) is 6.13. The molecule has 112 valence electrons. The molecule has 1 aliphatic heterocycles. The lowest BCUT2D eigenvalue weighted by Gasteiger charge is -2.26. The minimum Gasteiger partial charge on any atom is -0.353 e. The number of nitrogens with zero attached hydrogens (tertiary/aromatic N) is 4. The minimum absolute atomic E-state index is 0.280. The molecule has 21 heavy (non-hydrogen) atoms. The molecule has 0 radical (unpaired) electrons. The Kier molecular flexibility index (Phi) is 3.14. The molecule has 0 amide bonds. The molecule has 1 saturated carbocycles. The van der Waals surface area contributed by atoms with E-state index in [2.05, 4.69) is 25.5 Å². The lowest BCUT2D eigenvalue weighted by Crippen LogP contribution is -2.39. The van der Waals surface area contributed by atoms with Gasteiger partial charge in [-0.25, -0.2) is 9.89 Å². The van der Waals surface area contributed by atoms with Crippen LogP contribution in [0.25, 0.3) is 5.65 Å². The highest BCUT2D eigenvalue weighted by atomic mass is 16.2. The lowest BCUT2D eigenvalue weighted by atomic mass is 10.2. The summed E-state index contributed by atoms with van der Waals surface area (Å²) >= 11 is 0. The topological polar surface area (TPSA) is 78.3 Å². The van der Waals surface area contributed by atoms with Crippen molar-refractivity contribution in [3.05, 3.63) is 22.6 Å². The smallest absolute Gasteiger partial charge is 0.353 e. The predicted octanol–water partition coefficient (Wildman–Crippen LogP) is 0.386. The SMILES string of the molecule is O=c1[nH]nc2ccc(N(CC3CC3)CC3CCCN3)nn12. The van der Waals surface area contributed by atoms with Gasteiger partial charge in [-0.15, -0.1) is 5.10 Å². The first-order valence-electron chi connectivity index (χ1n) is 7.72. The zero-order valence-corrected chi connectivity index (χ0v) is 12.0. The number of fused-ring (bicyclic) bond motifs is 1. The van der Waals surface area contributed by atoms with Gasteiger partial charge in [-0.2, -0.15) is 9.61 Å². The van der Waals surface area contributed by atoms with E-state index in [9.17, 15) is 4.79 Å². The molecule has 3 heterocycles. The van der Waals surface area contributed by atoms with E-state index in [0.29, 0.717) is 11.7 Å². The van der Waals surface area contributed by atoms with Crippen LogP contribution in [0.3, 0.4) is 0 Å². The van der Waals surface area contributed by atoms with Gasteiger partial charge in [-0.05, 0) is 50.3 Å². The van der Waals surface area contributed by atoms with E-state index in [1.807, 2.05) is 12.1 Å². The summed E-state index contributed by atoms with van der Waals surface area (Å²) in [5.74, 6) is 1.65. The Morgan fingerprint density at radius 1 is 1.29 bits per heavy atom. The van der Waals surface area contributed by atoms with Crippen LogP contribution in [0, 0.1) is 5.92 Å². The third kappa shape index (κ3) is 2.65. The molecule has 0 spiro atoms. The van der Waals surface area contributed by atoms with Crippen LogP contribution in [0.5, 0.6) is 0 Å². The Morgan fingerprint density at radius 3 is 2.95 bits per heavy atom. The fourth-order valence-electron chi connectivity index (χ4n) is 3.01. The maximum atomic E-state index is 11.7. The minimum atomic E-state index is -0.280. The van der Waals surface area contributed by atoms with E-state index in [1.165, 1.54) is 30.2 Å². The molecule has 1 aliphatic carbocycles. The van der Waals surface area contributed by atoms with Crippen LogP contribution in [0.1, 0.15) is 25.7 Å². The average Bonchev–Trinajstić information content (AvgIpc) is 3.02. The van der Waals surface area contributed by atoms with E-state index in [4.69, 9.17) is 0 Å². The van der Waals surface area contributed by atoms with Crippen molar-refractivity contribution >= 4 is 11.5 Å². The predicted molar refractivity (Wildman–Crippen MR) is 79.6 cm³/mol. The number of hydrogen-bond donors (Lipinski definition) is 2. The Labute approximate surface area is 122 Å². The molecule has 0 aromatic carbocycles. The first kappa shape index (κ1) is 12.8. The van der Waals surface area contributed by atoms with Crippen molar-refractivity contribution in [1.29, 1.82) is 0 Å². The fourth-order valence-corrected chi connectivity index (χ4v) is 3.01. The summed E-state index contributed by atoms with van der Waals surface area (Å²) in [7, 11) is 0. The summed E-state index contributed by atoms with van der Waals surface area (Å²) in [6.45, 7) is 3.10. The van der Waals surface area contributed by atoms with Crippen molar-refractivity contribution in [2.24, 2.45) is 5.92 Å². The van der Waals surface area contributed by atoms with Gasteiger partial charge in [0.25, 0.3) is 0 Å². The number of H-pyrrole nitrogens is 1. The Morgan fingerprint density at radius 2 is 2.19 bits per heavy atom.